The summed E-state index contributed by atoms with van der Waals surface area (Å²) in [6, 6.07) is 9.54. The molecule has 0 bridgehead atoms. The van der Waals surface area contributed by atoms with E-state index in [1.165, 1.54) is 23.8 Å². The zero-order valence-corrected chi connectivity index (χ0v) is 9.03. The number of hydrogen-bond donors (Lipinski definition) is 0. The molecule has 0 fully saturated rings. The van der Waals surface area contributed by atoms with Crippen LogP contribution in [0.25, 0.3) is 6.08 Å². The number of rotatable bonds is 3. The van der Waals surface area contributed by atoms with Gasteiger partial charge in [-0.05, 0) is 11.6 Å². The molecule has 0 N–H and O–H groups in total. The highest BCUT2D eigenvalue weighted by atomic mass is 32.2. The molecule has 14 heavy (non-hydrogen) atoms. The molecule has 0 aromatic heterocycles. The van der Waals surface area contributed by atoms with E-state index in [-0.39, 0.29) is 0 Å². The maximum Gasteiger partial charge on any atom is 0.231 e. The summed E-state index contributed by atoms with van der Waals surface area (Å²) in [5, 5.41) is 0. The van der Waals surface area contributed by atoms with Crippen molar-refractivity contribution < 1.29 is 8.42 Å². The first-order valence-corrected chi connectivity index (χ1v) is 6.01. The van der Waals surface area contributed by atoms with Crippen LogP contribution in [0.4, 0.5) is 0 Å². The van der Waals surface area contributed by atoms with Gasteiger partial charge in [0.1, 0.15) is 0 Å². The summed E-state index contributed by atoms with van der Waals surface area (Å²) in [5.74, 6) is 0. The van der Waals surface area contributed by atoms with Gasteiger partial charge in [0, 0.05) is 13.2 Å². The van der Waals surface area contributed by atoms with Crippen LogP contribution in [0.15, 0.2) is 36.5 Å². The van der Waals surface area contributed by atoms with Gasteiger partial charge in [-0.15, -0.1) is 0 Å². The van der Waals surface area contributed by atoms with Crippen LogP contribution in [0, 0.1) is 0 Å². The Balaban J connectivity index is 2.75. The van der Waals surface area contributed by atoms with E-state index in [0.717, 1.165) is 5.56 Å². The third-order valence-electron chi connectivity index (χ3n) is 1.80. The smallest absolute Gasteiger partial charge is 0.231 e. The monoisotopic (exact) mass is 211 g/mol. The van der Waals surface area contributed by atoms with Crippen molar-refractivity contribution >= 4 is 16.1 Å². The van der Waals surface area contributed by atoms with Crippen LogP contribution in [0.3, 0.4) is 0 Å². The van der Waals surface area contributed by atoms with Gasteiger partial charge in [-0.2, -0.15) is 0 Å². The van der Waals surface area contributed by atoms with Crippen LogP contribution in [-0.4, -0.2) is 26.0 Å². The predicted octanol–water partition coefficient (Wildman–Crippen LogP) is 1.55. The van der Waals surface area contributed by atoms with Crippen molar-refractivity contribution in [3.63, 3.8) is 0 Å². The zero-order valence-electron chi connectivity index (χ0n) is 8.21. The van der Waals surface area contributed by atoms with E-state index >= 15 is 0 Å². The van der Waals surface area contributed by atoms with Gasteiger partial charge in [-0.1, -0.05) is 30.3 Å². The molecule has 0 amide bonds. The van der Waals surface area contributed by atoms with Crippen LogP contribution in [0.5, 0.6) is 0 Å². The van der Waals surface area contributed by atoms with Gasteiger partial charge in [-0.3, -0.25) is 4.31 Å². The highest BCUT2D eigenvalue weighted by molar-refractivity contribution is 7.88. The van der Waals surface area contributed by atoms with Crippen molar-refractivity contribution in [3.05, 3.63) is 42.1 Å². The third-order valence-corrected chi connectivity index (χ3v) is 2.97. The second kappa shape index (κ2) is 4.28. The molecule has 3 nitrogen and oxygen atoms in total. The molecule has 0 aliphatic carbocycles. The largest absolute Gasteiger partial charge is 0.281 e. The molecule has 4 heteroatoms. The maximum atomic E-state index is 11.0. The lowest BCUT2D eigenvalue weighted by Gasteiger charge is -2.09. The predicted molar refractivity (Wildman–Crippen MR) is 58.1 cm³/mol. The summed E-state index contributed by atoms with van der Waals surface area (Å²) in [6.07, 6.45) is 4.45. The molecule has 0 saturated heterocycles. The zero-order chi connectivity index (χ0) is 10.6. The lowest BCUT2D eigenvalue weighted by Crippen LogP contribution is -2.18. The fraction of sp³-hybridized carbons (Fsp3) is 0.200. The van der Waals surface area contributed by atoms with Crippen molar-refractivity contribution in [1.29, 1.82) is 0 Å². The third kappa shape index (κ3) is 3.22. The Bertz CT molecular complexity index is 409. The highest BCUT2D eigenvalue weighted by Crippen LogP contribution is 2.03. The van der Waals surface area contributed by atoms with Crippen LogP contribution in [-0.2, 0) is 10.0 Å². The highest BCUT2D eigenvalue weighted by Gasteiger charge is 2.03. The molecule has 0 atom stereocenters. The molecule has 0 spiro atoms. The summed E-state index contributed by atoms with van der Waals surface area (Å²) in [5.41, 5.74) is 0.975. The van der Waals surface area contributed by atoms with E-state index in [2.05, 4.69) is 0 Å². The molecular weight excluding hydrogens is 198 g/mol. The Kier molecular flexibility index (Phi) is 3.30. The first-order valence-electron chi connectivity index (χ1n) is 4.16. The average molecular weight is 211 g/mol. The molecule has 0 aliphatic rings. The molecule has 0 heterocycles. The van der Waals surface area contributed by atoms with E-state index in [1.54, 1.807) is 6.08 Å². The second-order valence-electron chi connectivity index (χ2n) is 3.01. The Morgan fingerprint density at radius 3 is 2.29 bits per heavy atom. The Morgan fingerprint density at radius 1 is 1.21 bits per heavy atom. The minimum atomic E-state index is -3.13. The van der Waals surface area contributed by atoms with E-state index < -0.39 is 10.0 Å². The Labute approximate surface area is 84.7 Å². The minimum Gasteiger partial charge on any atom is -0.281 e. The van der Waals surface area contributed by atoms with E-state index in [1.807, 2.05) is 30.3 Å². The summed E-state index contributed by atoms with van der Waals surface area (Å²) in [4.78, 5) is 0. The lowest BCUT2D eigenvalue weighted by atomic mass is 10.2. The Hall–Kier alpha value is -1.29. The normalized spacial score (nSPS) is 11.9. The minimum absolute atomic E-state index is 0.975. The van der Waals surface area contributed by atoms with E-state index in [9.17, 15) is 8.42 Å². The molecule has 1 aromatic carbocycles. The van der Waals surface area contributed by atoms with Crippen molar-refractivity contribution in [2.75, 3.05) is 13.3 Å². The molecule has 76 valence electrons. The molecule has 0 radical (unpaired) electrons. The van der Waals surface area contributed by atoms with Crippen LogP contribution < -0.4 is 0 Å². The first kappa shape index (κ1) is 10.8. The SMILES string of the molecule is CN(/C=C/c1ccccc1)S(C)(=O)=O. The first-order chi connectivity index (χ1) is 6.50. The van der Waals surface area contributed by atoms with Crippen LogP contribution in [0.1, 0.15) is 5.56 Å². The standard InChI is InChI=1S/C10H13NO2S/c1-11(14(2,12)13)9-8-10-6-4-3-5-7-10/h3-9H,1-2H3/b9-8+. The summed E-state index contributed by atoms with van der Waals surface area (Å²) >= 11 is 0. The summed E-state index contributed by atoms with van der Waals surface area (Å²) in [7, 11) is -1.62. The number of benzene rings is 1. The average Bonchev–Trinajstić information content (AvgIpc) is 2.14. The van der Waals surface area contributed by atoms with Gasteiger partial charge in [0.2, 0.25) is 10.0 Å². The molecule has 1 aromatic rings. The van der Waals surface area contributed by atoms with Gasteiger partial charge in [0.25, 0.3) is 0 Å². The van der Waals surface area contributed by atoms with Gasteiger partial charge in [0.05, 0.1) is 6.26 Å². The topological polar surface area (TPSA) is 37.4 Å². The maximum absolute atomic E-state index is 11.0. The quantitative estimate of drug-likeness (QED) is 0.760. The summed E-state index contributed by atoms with van der Waals surface area (Å²) in [6.45, 7) is 0. The van der Waals surface area contributed by atoms with Gasteiger partial charge < -0.3 is 0 Å². The number of nitrogens with zero attached hydrogens (tertiary/aromatic N) is 1. The van der Waals surface area contributed by atoms with E-state index in [4.69, 9.17) is 0 Å². The molecule has 0 saturated carbocycles. The fourth-order valence-electron chi connectivity index (χ4n) is 0.866. The Morgan fingerprint density at radius 2 is 1.79 bits per heavy atom. The number of sulfonamides is 1. The van der Waals surface area contributed by atoms with Crippen molar-refractivity contribution in [3.8, 4) is 0 Å². The molecular formula is C10H13NO2S. The van der Waals surface area contributed by atoms with Crippen LogP contribution in [0.2, 0.25) is 0 Å². The fourth-order valence-corrected chi connectivity index (χ4v) is 1.15. The molecule has 1 rings (SSSR count). The second-order valence-corrected chi connectivity index (χ2v) is 5.05. The van der Waals surface area contributed by atoms with Crippen molar-refractivity contribution in [2.24, 2.45) is 0 Å². The molecule has 0 aliphatic heterocycles. The van der Waals surface area contributed by atoms with E-state index in [0.29, 0.717) is 0 Å². The van der Waals surface area contributed by atoms with Gasteiger partial charge in [0.15, 0.2) is 0 Å². The van der Waals surface area contributed by atoms with Crippen LogP contribution >= 0.6 is 0 Å². The lowest BCUT2D eigenvalue weighted by molar-refractivity contribution is 0.547. The van der Waals surface area contributed by atoms with Gasteiger partial charge >= 0.3 is 0 Å². The summed E-state index contributed by atoms with van der Waals surface area (Å²) < 4.78 is 23.2. The van der Waals surface area contributed by atoms with Crippen molar-refractivity contribution in [1.82, 2.24) is 4.31 Å². The number of hydrogen-bond acceptors (Lipinski definition) is 2. The van der Waals surface area contributed by atoms with Crippen molar-refractivity contribution in [2.45, 2.75) is 0 Å². The molecule has 0 unspecified atom stereocenters. The van der Waals surface area contributed by atoms with Gasteiger partial charge in [-0.25, -0.2) is 8.42 Å².